The fourth-order valence-corrected chi connectivity index (χ4v) is 1.56. The van der Waals surface area contributed by atoms with Crippen molar-refractivity contribution in [3.05, 3.63) is 30.3 Å². The molecule has 1 aromatic carbocycles. The third-order valence-corrected chi connectivity index (χ3v) is 2.59. The van der Waals surface area contributed by atoms with Crippen molar-refractivity contribution in [1.29, 1.82) is 0 Å². The van der Waals surface area contributed by atoms with E-state index < -0.39 is 30.6 Å². The largest absolute Gasteiger partial charge is 0.479 e. The van der Waals surface area contributed by atoms with Crippen LogP contribution in [0.3, 0.4) is 0 Å². The minimum absolute atomic E-state index is 0.391. The zero-order valence-corrected chi connectivity index (χ0v) is 12.6. The van der Waals surface area contributed by atoms with E-state index in [1.807, 2.05) is 11.4 Å². The van der Waals surface area contributed by atoms with Gasteiger partial charge in [-0.05, 0) is 25.5 Å². The van der Waals surface area contributed by atoms with Crippen molar-refractivity contribution in [3.63, 3.8) is 0 Å². The summed E-state index contributed by atoms with van der Waals surface area (Å²) in [5, 5.41) is 4.43. The van der Waals surface area contributed by atoms with E-state index in [2.05, 4.69) is 5.32 Å². The number of amides is 3. The Bertz CT molecular complexity index is 504. The van der Waals surface area contributed by atoms with E-state index >= 15 is 0 Å². The van der Waals surface area contributed by atoms with Gasteiger partial charge in [0.2, 0.25) is 0 Å². The Morgan fingerprint density at radius 2 is 1.82 bits per heavy atom. The SMILES string of the molecule is CCNC(=O)NC(=O)COC(=O)[C@@H](CC)Oc1ccccc1. The van der Waals surface area contributed by atoms with Gasteiger partial charge in [-0.25, -0.2) is 9.59 Å². The standard InChI is InChI=1S/C15H20N2O5/c1-3-12(22-11-8-6-5-7-9-11)14(19)21-10-13(18)17-15(20)16-4-2/h5-9,12H,3-4,10H2,1-2H3,(H2,16,17,18,20)/t12-/m1/s1. The van der Waals surface area contributed by atoms with Crippen LogP contribution in [0, 0.1) is 0 Å². The second-order valence-electron chi connectivity index (χ2n) is 4.34. The first-order valence-corrected chi connectivity index (χ1v) is 7.02. The second-order valence-corrected chi connectivity index (χ2v) is 4.34. The van der Waals surface area contributed by atoms with Crippen LogP contribution in [0.2, 0.25) is 0 Å². The molecule has 1 rings (SSSR count). The van der Waals surface area contributed by atoms with Crippen LogP contribution in [0.1, 0.15) is 20.3 Å². The molecule has 22 heavy (non-hydrogen) atoms. The Hall–Kier alpha value is -2.57. The topological polar surface area (TPSA) is 93.7 Å². The Morgan fingerprint density at radius 3 is 2.41 bits per heavy atom. The zero-order valence-electron chi connectivity index (χ0n) is 12.6. The molecule has 0 bridgehead atoms. The molecule has 0 unspecified atom stereocenters. The summed E-state index contributed by atoms with van der Waals surface area (Å²) < 4.78 is 10.3. The highest BCUT2D eigenvalue weighted by atomic mass is 16.6. The van der Waals surface area contributed by atoms with E-state index in [4.69, 9.17) is 9.47 Å². The lowest BCUT2D eigenvalue weighted by Gasteiger charge is -2.16. The van der Waals surface area contributed by atoms with Gasteiger partial charge < -0.3 is 14.8 Å². The van der Waals surface area contributed by atoms with E-state index in [9.17, 15) is 14.4 Å². The molecule has 0 fully saturated rings. The van der Waals surface area contributed by atoms with E-state index in [0.29, 0.717) is 18.7 Å². The quantitative estimate of drug-likeness (QED) is 0.739. The van der Waals surface area contributed by atoms with Crippen LogP contribution < -0.4 is 15.4 Å². The lowest BCUT2D eigenvalue weighted by atomic mass is 10.2. The third-order valence-electron chi connectivity index (χ3n) is 2.59. The molecule has 0 aliphatic heterocycles. The Labute approximate surface area is 129 Å². The fourth-order valence-electron chi connectivity index (χ4n) is 1.56. The molecule has 1 atom stereocenters. The number of hydrogen-bond acceptors (Lipinski definition) is 5. The molecule has 1 aromatic rings. The Morgan fingerprint density at radius 1 is 1.14 bits per heavy atom. The van der Waals surface area contributed by atoms with Gasteiger partial charge in [0.15, 0.2) is 12.7 Å². The van der Waals surface area contributed by atoms with Crippen molar-refractivity contribution >= 4 is 17.9 Å². The molecule has 0 saturated carbocycles. The van der Waals surface area contributed by atoms with Crippen LogP contribution in [0.15, 0.2) is 30.3 Å². The van der Waals surface area contributed by atoms with Crippen LogP contribution >= 0.6 is 0 Å². The number of para-hydroxylation sites is 1. The van der Waals surface area contributed by atoms with Gasteiger partial charge in [0.05, 0.1) is 0 Å². The van der Waals surface area contributed by atoms with Crippen LogP contribution in [0.25, 0.3) is 0 Å². The monoisotopic (exact) mass is 308 g/mol. The molecule has 0 aliphatic rings. The van der Waals surface area contributed by atoms with E-state index in [1.54, 1.807) is 38.1 Å². The number of ether oxygens (including phenoxy) is 2. The molecule has 0 heterocycles. The van der Waals surface area contributed by atoms with Gasteiger partial charge in [0.1, 0.15) is 5.75 Å². The van der Waals surface area contributed by atoms with Gasteiger partial charge in [0.25, 0.3) is 5.91 Å². The molecule has 3 amide bonds. The first-order chi connectivity index (χ1) is 10.6. The van der Waals surface area contributed by atoms with Gasteiger partial charge in [-0.2, -0.15) is 0 Å². The summed E-state index contributed by atoms with van der Waals surface area (Å²) in [6, 6.07) is 8.21. The van der Waals surface area contributed by atoms with E-state index in [1.165, 1.54) is 0 Å². The summed E-state index contributed by atoms with van der Waals surface area (Å²) in [5.41, 5.74) is 0. The number of benzene rings is 1. The number of urea groups is 1. The van der Waals surface area contributed by atoms with Gasteiger partial charge in [-0.15, -0.1) is 0 Å². The molecular formula is C15H20N2O5. The van der Waals surface area contributed by atoms with Crippen molar-refractivity contribution < 1.29 is 23.9 Å². The van der Waals surface area contributed by atoms with Gasteiger partial charge in [0, 0.05) is 6.54 Å². The van der Waals surface area contributed by atoms with Crippen LogP contribution in [-0.4, -0.2) is 37.2 Å². The molecule has 0 aliphatic carbocycles. The van der Waals surface area contributed by atoms with Gasteiger partial charge >= 0.3 is 12.0 Å². The zero-order chi connectivity index (χ0) is 16.4. The lowest BCUT2D eigenvalue weighted by Crippen LogP contribution is -2.42. The van der Waals surface area contributed by atoms with Crippen molar-refractivity contribution in [3.8, 4) is 5.75 Å². The molecule has 0 radical (unpaired) electrons. The second kappa shape index (κ2) is 9.38. The average Bonchev–Trinajstić information content (AvgIpc) is 2.51. The van der Waals surface area contributed by atoms with Crippen LogP contribution in [-0.2, 0) is 14.3 Å². The third kappa shape index (κ3) is 6.25. The molecule has 7 nitrogen and oxygen atoms in total. The predicted octanol–water partition coefficient (Wildman–Crippen LogP) is 1.23. The summed E-state index contributed by atoms with van der Waals surface area (Å²) in [6.07, 6.45) is -0.411. The minimum atomic E-state index is -0.806. The molecule has 0 aromatic heterocycles. The van der Waals surface area contributed by atoms with Gasteiger partial charge in [-0.1, -0.05) is 25.1 Å². The fraction of sp³-hybridized carbons (Fsp3) is 0.400. The van der Waals surface area contributed by atoms with Crippen molar-refractivity contribution in [2.75, 3.05) is 13.2 Å². The Kier molecular flexibility index (Phi) is 7.45. The molecular weight excluding hydrogens is 288 g/mol. The van der Waals surface area contributed by atoms with Crippen LogP contribution in [0.5, 0.6) is 5.75 Å². The molecule has 7 heteroatoms. The molecule has 2 N–H and O–H groups in total. The van der Waals surface area contributed by atoms with Crippen molar-refractivity contribution in [1.82, 2.24) is 10.6 Å². The Balaban J connectivity index is 2.42. The maximum absolute atomic E-state index is 11.9. The summed E-state index contributed by atoms with van der Waals surface area (Å²) in [6.45, 7) is 3.34. The minimum Gasteiger partial charge on any atom is -0.479 e. The maximum atomic E-state index is 11.9. The first kappa shape index (κ1) is 17.5. The van der Waals surface area contributed by atoms with Crippen LogP contribution in [0.4, 0.5) is 4.79 Å². The summed E-state index contributed by atoms with van der Waals surface area (Å²) in [7, 11) is 0. The van der Waals surface area contributed by atoms with E-state index in [0.717, 1.165) is 0 Å². The number of nitrogens with one attached hydrogen (secondary N) is 2. The summed E-state index contributed by atoms with van der Waals surface area (Å²) >= 11 is 0. The van der Waals surface area contributed by atoms with Gasteiger partial charge in [-0.3, -0.25) is 10.1 Å². The molecule has 120 valence electrons. The smallest absolute Gasteiger partial charge is 0.347 e. The first-order valence-electron chi connectivity index (χ1n) is 7.02. The number of esters is 1. The summed E-state index contributed by atoms with van der Waals surface area (Å²) in [4.78, 5) is 34.4. The highest BCUT2D eigenvalue weighted by molar-refractivity contribution is 5.95. The molecule has 0 saturated heterocycles. The summed E-state index contributed by atoms with van der Waals surface area (Å²) in [5.74, 6) is -0.815. The number of carbonyl (C=O) groups is 3. The normalized spacial score (nSPS) is 11.2. The predicted molar refractivity (Wildman–Crippen MR) is 79.3 cm³/mol. The maximum Gasteiger partial charge on any atom is 0.347 e. The highest BCUT2D eigenvalue weighted by Gasteiger charge is 2.21. The molecule has 0 spiro atoms. The number of carbonyl (C=O) groups excluding carboxylic acids is 3. The van der Waals surface area contributed by atoms with E-state index in [-0.39, 0.29) is 0 Å². The number of rotatable bonds is 7. The van der Waals surface area contributed by atoms with Crippen molar-refractivity contribution in [2.45, 2.75) is 26.4 Å². The average molecular weight is 308 g/mol. The van der Waals surface area contributed by atoms with Crippen molar-refractivity contribution in [2.24, 2.45) is 0 Å². The lowest BCUT2D eigenvalue weighted by molar-refractivity contribution is -0.155. The number of imide groups is 1. The number of hydrogen-bond donors (Lipinski definition) is 2. The highest BCUT2D eigenvalue weighted by Crippen LogP contribution is 2.13.